The van der Waals surface area contributed by atoms with Gasteiger partial charge in [-0.05, 0) is 12.8 Å². The molecule has 0 radical (unpaired) electrons. The van der Waals surface area contributed by atoms with Crippen molar-refractivity contribution in [2.24, 2.45) is 0 Å². The summed E-state index contributed by atoms with van der Waals surface area (Å²) in [4.78, 5) is 0. The van der Waals surface area contributed by atoms with E-state index in [-0.39, 0.29) is 6.61 Å². The number of aliphatic hydroxyl groups is 1. The van der Waals surface area contributed by atoms with Crippen LogP contribution >= 0.6 is 0 Å². The number of hydrogen-bond donors (Lipinski definition) is 1. The molecule has 2 heteroatoms. The van der Waals surface area contributed by atoms with Crippen molar-refractivity contribution >= 4 is 0 Å². The SMILES string of the molecule is CCC=CCC=CCOCCO. The Bertz CT molecular complexity index is 128. The molecule has 0 saturated carbocycles. The molecule has 0 unspecified atom stereocenters. The summed E-state index contributed by atoms with van der Waals surface area (Å²) in [6.45, 7) is 3.24. The van der Waals surface area contributed by atoms with Crippen LogP contribution < -0.4 is 0 Å². The molecular formula is C10H18O2. The maximum Gasteiger partial charge on any atom is 0.0701 e. The molecule has 0 spiro atoms. The van der Waals surface area contributed by atoms with Gasteiger partial charge in [-0.2, -0.15) is 0 Å². The average Bonchev–Trinajstić information content (AvgIpc) is 2.10. The molecule has 0 aromatic heterocycles. The largest absolute Gasteiger partial charge is 0.394 e. The highest BCUT2D eigenvalue weighted by Gasteiger charge is 1.79. The topological polar surface area (TPSA) is 29.5 Å². The van der Waals surface area contributed by atoms with Crippen molar-refractivity contribution < 1.29 is 9.84 Å². The quantitative estimate of drug-likeness (QED) is 0.467. The molecule has 2 nitrogen and oxygen atoms in total. The van der Waals surface area contributed by atoms with E-state index < -0.39 is 0 Å². The molecule has 12 heavy (non-hydrogen) atoms. The van der Waals surface area contributed by atoms with Crippen LogP contribution in [0.5, 0.6) is 0 Å². The Morgan fingerprint density at radius 2 is 1.92 bits per heavy atom. The number of aliphatic hydroxyl groups excluding tert-OH is 1. The van der Waals surface area contributed by atoms with Crippen LogP contribution in [0.4, 0.5) is 0 Å². The zero-order valence-corrected chi connectivity index (χ0v) is 7.70. The summed E-state index contributed by atoms with van der Waals surface area (Å²) in [7, 11) is 0. The minimum Gasteiger partial charge on any atom is -0.394 e. The van der Waals surface area contributed by atoms with E-state index in [0.717, 1.165) is 12.8 Å². The van der Waals surface area contributed by atoms with E-state index >= 15 is 0 Å². The monoisotopic (exact) mass is 170 g/mol. The van der Waals surface area contributed by atoms with Crippen LogP contribution in [-0.2, 0) is 4.74 Å². The maximum atomic E-state index is 8.38. The van der Waals surface area contributed by atoms with Crippen LogP contribution in [0, 0.1) is 0 Å². The van der Waals surface area contributed by atoms with Gasteiger partial charge in [-0.1, -0.05) is 31.2 Å². The normalized spacial score (nSPS) is 11.8. The minimum absolute atomic E-state index is 0.101. The van der Waals surface area contributed by atoms with Gasteiger partial charge in [-0.15, -0.1) is 0 Å². The first kappa shape index (κ1) is 11.4. The average molecular weight is 170 g/mol. The predicted molar refractivity (Wildman–Crippen MR) is 51.1 cm³/mol. The number of hydrogen-bond acceptors (Lipinski definition) is 2. The van der Waals surface area contributed by atoms with E-state index in [4.69, 9.17) is 9.84 Å². The molecule has 1 N–H and O–H groups in total. The second-order valence-corrected chi connectivity index (χ2v) is 2.39. The molecule has 0 aromatic carbocycles. The molecule has 70 valence electrons. The molecule has 0 amide bonds. The fourth-order valence-electron chi connectivity index (χ4n) is 0.722. The molecule has 0 saturated heterocycles. The lowest BCUT2D eigenvalue weighted by atomic mass is 10.3. The lowest BCUT2D eigenvalue weighted by Crippen LogP contribution is -1.97. The van der Waals surface area contributed by atoms with E-state index in [1.165, 1.54) is 0 Å². The lowest BCUT2D eigenvalue weighted by molar-refractivity contribution is 0.112. The first-order chi connectivity index (χ1) is 5.91. The van der Waals surface area contributed by atoms with Crippen molar-refractivity contribution in [2.75, 3.05) is 19.8 Å². The van der Waals surface area contributed by atoms with Gasteiger partial charge in [0, 0.05) is 0 Å². The van der Waals surface area contributed by atoms with E-state index in [9.17, 15) is 0 Å². The van der Waals surface area contributed by atoms with Crippen molar-refractivity contribution in [2.45, 2.75) is 19.8 Å². The van der Waals surface area contributed by atoms with Crippen molar-refractivity contribution in [1.29, 1.82) is 0 Å². The van der Waals surface area contributed by atoms with Gasteiger partial charge in [0.05, 0.1) is 19.8 Å². The van der Waals surface area contributed by atoms with Crippen LogP contribution in [0.15, 0.2) is 24.3 Å². The Balaban J connectivity index is 3.08. The van der Waals surface area contributed by atoms with Gasteiger partial charge in [-0.3, -0.25) is 0 Å². The Hall–Kier alpha value is -0.600. The van der Waals surface area contributed by atoms with Crippen molar-refractivity contribution in [3.05, 3.63) is 24.3 Å². The lowest BCUT2D eigenvalue weighted by Gasteiger charge is -1.94. The maximum absolute atomic E-state index is 8.38. The summed E-state index contributed by atoms with van der Waals surface area (Å²) in [6, 6.07) is 0. The predicted octanol–water partition coefficient (Wildman–Crippen LogP) is 1.91. The van der Waals surface area contributed by atoms with Crippen LogP contribution in [0.2, 0.25) is 0 Å². The third-order valence-corrected chi connectivity index (χ3v) is 1.29. The van der Waals surface area contributed by atoms with E-state index in [1.54, 1.807) is 0 Å². The third-order valence-electron chi connectivity index (χ3n) is 1.29. The molecule has 0 aliphatic heterocycles. The van der Waals surface area contributed by atoms with Crippen molar-refractivity contribution in [1.82, 2.24) is 0 Å². The molecule has 0 aliphatic rings. The van der Waals surface area contributed by atoms with Crippen LogP contribution in [0.25, 0.3) is 0 Å². The van der Waals surface area contributed by atoms with Crippen molar-refractivity contribution in [3.63, 3.8) is 0 Å². The second-order valence-electron chi connectivity index (χ2n) is 2.39. The summed E-state index contributed by atoms with van der Waals surface area (Å²) in [5.74, 6) is 0. The molecule has 0 aliphatic carbocycles. The van der Waals surface area contributed by atoms with Gasteiger partial charge >= 0.3 is 0 Å². The zero-order valence-electron chi connectivity index (χ0n) is 7.70. The molecule has 0 aromatic rings. The van der Waals surface area contributed by atoms with E-state index in [0.29, 0.717) is 13.2 Å². The highest BCUT2D eigenvalue weighted by Crippen LogP contribution is 1.88. The van der Waals surface area contributed by atoms with Gasteiger partial charge < -0.3 is 9.84 Å². The first-order valence-electron chi connectivity index (χ1n) is 4.40. The van der Waals surface area contributed by atoms with Gasteiger partial charge in [-0.25, -0.2) is 0 Å². The summed E-state index contributed by atoms with van der Waals surface area (Å²) in [6.07, 6.45) is 10.4. The van der Waals surface area contributed by atoms with Gasteiger partial charge in [0.2, 0.25) is 0 Å². The highest BCUT2D eigenvalue weighted by molar-refractivity contribution is 4.92. The summed E-state index contributed by atoms with van der Waals surface area (Å²) >= 11 is 0. The summed E-state index contributed by atoms with van der Waals surface area (Å²) in [5.41, 5.74) is 0. The fourth-order valence-corrected chi connectivity index (χ4v) is 0.722. The van der Waals surface area contributed by atoms with Gasteiger partial charge in [0.15, 0.2) is 0 Å². The van der Waals surface area contributed by atoms with Crippen LogP contribution in [0.3, 0.4) is 0 Å². The Labute approximate surface area is 74.6 Å². The molecular weight excluding hydrogens is 152 g/mol. The first-order valence-corrected chi connectivity index (χ1v) is 4.40. The van der Waals surface area contributed by atoms with Gasteiger partial charge in [0.25, 0.3) is 0 Å². The number of ether oxygens (including phenoxy) is 1. The van der Waals surface area contributed by atoms with Gasteiger partial charge in [0.1, 0.15) is 0 Å². The summed E-state index contributed by atoms with van der Waals surface area (Å²) in [5, 5.41) is 8.38. The molecule has 0 atom stereocenters. The van der Waals surface area contributed by atoms with Crippen molar-refractivity contribution in [3.8, 4) is 0 Å². The second kappa shape index (κ2) is 10.4. The summed E-state index contributed by atoms with van der Waals surface area (Å²) < 4.78 is 5.03. The smallest absolute Gasteiger partial charge is 0.0701 e. The van der Waals surface area contributed by atoms with Crippen LogP contribution in [-0.4, -0.2) is 24.9 Å². The van der Waals surface area contributed by atoms with Crippen LogP contribution in [0.1, 0.15) is 19.8 Å². The molecule has 0 rings (SSSR count). The van der Waals surface area contributed by atoms with E-state index in [1.807, 2.05) is 6.08 Å². The number of allylic oxidation sites excluding steroid dienone is 3. The molecule has 0 bridgehead atoms. The number of rotatable bonds is 7. The Morgan fingerprint density at radius 3 is 2.58 bits per heavy atom. The standard InChI is InChI=1S/C10H18O2/c1-2-3-4-5-6-7-9-12-10-8-11/h3-4,6-7,11H,2,5,8-10H2,1H3. The molecule has 0 fully saturated rings. The fraction of sp³-hybridized carbons (Fsp3) is 0.600. The van der Waals surface area contributed by atoms with E-state index in [2.05, 4.69) is 25.2 Å². The minimum atomic E-state index is 0.101. The molecule has 0 heterocycles. The zero-order chi connectivity index (χ0) is 9.07. The Morgan fingerprint density at radius 1 is 1.17 bits per heavy atom. The highest BCUT2D eigenvalue weighted by atomic mass is 16.5. The third kappa shape index (κ3) is 9.40. The Kier molecular flexibility index (Phi) is 9.88.